The molecule has 0 bridgehead atoms. The van der Waals surface area contributed by atoms with Crippen LogP contribution in [-0.2, 0) is 4.79 Å². The van der Waals surface area contributed by atoms with Crippen LogP contribution in [0.4, 0.5) is 5.69 Å². The van der Waals surface area contributed by atoms with E-state index in [0.29, 0.717) is 6.54 Å². The predicted octanol–water partition coefficient (Wildman–Crippen LogP) is 1.26. The Bertz CT molecular complexity index is 577. The molecule has 3 heterocycles. The summed E-state index contributed by atoms with van der Waals surface area (Å²) in [6.07, 6.45) is 5.58. The van der Waals surface area contributed by atoms with E-state index < -0.39 is 0 Å². The van der Waals surface area contributed by atoms with Gasteiger partial charge in [0.2, 0.25) is 5.91 Å². The summed E-state index contributed by atoms with van der Waals surface area (Å²) in [7, 11) is 0. The van der Waals surface area contributed by atoms with E-state index in [1.165, 1.54) is 0 Å². The van der Waals surface area contributed by atoms with E-state index in [1.807, 2.05) is 18.3 Å². The van der Waals surface area contributed by atoms with Crippen LogP contribution in [0.3, 0.4) is 0 Å². The van der Waals surface area contributed by atoms with Gasteiger partial charge in [-0.15, -0.1) is 0 Å². The third-order valence-corrected chi connectivity index (χ3v) is 3.60. The van der Waals surface area contributed by atoms with Gasteiger partial charge in [-0.3, -0.25) is 4.79 Å². The summed E-state index contributed by atoms with van der Waals surface area (Å²) in [4.78, 5) is 20.9. The summed E-state index contributed by atoms with van der Waals surface area (Å²) in [5, 5.41) is 1.10. The molecule has 94 valence electrons. The first-order chi connectivity index (χ1) is 8.75. The van der Waals surface area contributed by atoms with Gasteiger partial charge in [-0.2, -0.15) is 0 Å². The van der Waals surface area contributed by atoms with Crippen LogP contribution in [0, 0.1) is 5.92 Å². The number of pyridine rings is 1. The largest absolute Gasteiger partial charge is 0.370 e. The van der Waals surface area contributed by atoms with Crippen molar-refractivity contribution in [1.82, 2.24) is 9.97 Å². The van der Waals surface area contributed by atoms with Crippen LogP contribution in [0.15, 0.2) is 24.5 Å². The van der Waals surface area contributed by atoms with Crippen molar-refractivity contribution in [3.8, 4) is 0 Å². The summed E-state index contributed by atoms with van der Waals surface area (Å²) < 4.78 is 0. The third kappa shape index (κ3) is 1.81. The van der Waals surface area contributed by atoms with E-state index in [0.717, 1.165) is 36.1 Å². The number of nitrogens with one attached hydrogen (secondary N) is 1. The summed E-state index contributed by atoms with van der Waals surface area (Å²) >= 11 is 0. The highest BCUT2D eigenvalue weighted by Gasteiger charge is 2.25. The summed E-state index contributed by atoms with van der Waals surface area (Å²) in [6, 6.07) is 4.02. The fourth-order valence-electron chi connectivity index (χ4n) is 2.65. The van der Waals surface area contributed by atoms with Crippen molar-refractivity contribution in [3.63, 3.8) is 0 Å². The van der Waals surface area contributed by atoms with E-state index in [-0.39, 0.29) is 11.8 Å². The molecule has 1 amide bonds. The lowest BCUT2D eigenvalue weighted by Crippen LogP contribution is -2.41. The quantitative estimate of drug-likeness (QED) is 0.835. The molecule has 1 aliphatic heterocycles. The van der Waals surface area contributed by atoms with Crippen LogP contribution in [0.25, 0.3) is 11.0 Å². The molecule has 1 fully saturated rings. The number of hydrogen-bond donors (Lipinski definition) is 2. The number of nitrogens with zero attached hydrogens (tertiary/aromatic N) is 2. The van der Waals surface area contributed by atoms with Crippen molar-refractivity contribution in [2.45, 2.75) is 12.8 Å². The van der Waals surface area contributed by atoms with Crippen LogP contribution < -0.4 is 10.6 Å². The second-order valence-electron chi connectivity index (χ2n) is 4.76. The average molecular weight is 244 g/mol. The molecule has 3 N–H and O–H groups in total. The first kappa shape index (κ1) is 11.1. The molecule has 3 rings (SSSR count). The smallest absolute Gasteiger partial charge is 0.222 e. The van der Waals surface area contributed by atoms with Gasteiger partial charge in [0.25, 0.3) is 0 Å². The SMILES string of the molecule is NC(=O)C1CCCN(c2ccnc3[nH]ccc23)C1. The van der Waals surface area contributed by atoms with Gasteiger partial charge in [0.05, 0.1) is 5.92 Å². The number of carbonyl (C=O) groups is 1. The Labute approximate surface area is 105 Å². The van der Waals surface area contributed by atoms with Crippen LogP contribution in [-0.4, -0.2) is 29.0 Å². The first-order valence-electron chi connectivity index (χ1n) is 6.22. The van der Waals surface area contributed by atoms with Crippen LogP contribution in [0.5, 0.6) is 0 Å². The van der Waals surface area contributed by atoms with E-state index in [9.17, 15) is 4.79 Å². The average Bonchev–Trinajstić information content (AvgIpc) is 2.87. The van der Waals surface area contributed by atoms with Gasteiger partial charge in [-0.1, -0.05) is 0 Å². The minimum Gasteiger partial charge on any atom is -0.370 e. The highest BCUT2D eigenvalue weighted by molar-refractivity contribution is 5.90. The Morgan fingerprint density at radius 1 is 1.50 bits per heavy atom. The fourth-order valence-corrected chi connectivity index (χ4v) is 2.65. The van der Waals surface area contributed by atoms with Crippen molar-refractivity contribution in [3.05, 3.63) is 24.5 Å². The molecule has 1 atom stereocenters. The standard InChI is InChI=1S/C13H16N4O/c14-12(18)9-2-1-7-17(8-9)11-4-6-16-13-10(11)3-5-15-13/h3-6,9H,1-2,7-8H2,(H2,14,18)(H,15,16). The lowest BCUT2D eigenvalue weighted by Gasteiger charge is -2.33. The van der Waals surface area contributed by atoms with Crippen molar-refractivity contribution in [1.29, 1.82) is 0 Å². The molecular weight excluding hydrogens is 228 g/mol. The number of carbonyl (C=O) groups excluding carboxylic acids is 1. The second-order valence-corrected chi connectivity index (χ2v) is 4.76. The number of rotatable bonds is 2. The fraction of sp³-hybridized carbons (Fsp3) is 0.385. The number of piperidine rings is 1. The first-order valence-corrected chi connectivity index (χ1v) is 6.22. The van der Waals surface area contributed by atoms with E-state index in [2.05, 4.69) is 14.9 Å². The molecule has 2 aromatic heterocycles. The van der Waals surface area contributed by atoms with Crippen LogP contribution >= 0.6 is 0 Å². The van der Waals surface area contributed by atoms with E-state index >= 15 is 0 Å². The van der Waals surface area contributed by atoms with Crippen molar-refractivity contribution < 1.29 is 4.79 Å². The van der Waals surface area contributed by atoms with Crippen molar-refractivity contribution >= 4 is 22.6 Å². The highest BCUT2D eigenvalue weighted by atomic mass is 16.1. The number of anilines is 1. The molecule has 5 nitrogen and oxygen atoms in total. The number of primary amides is 1. The Morgan fingerprint density at radius 3 is 3.22 bits per heavy atom. The molecule has 0 aromatic carbocycles. The molecule has 1 saturated heterocycles. The Kier molecular flexibility index (Phi) is 2.66. The van der Waals surface area contributed by atoms with Crippen molar-refractivity contribution in [2.75, 3.05) is 18.0 Å². The number of nitrogens with two attached hydrogens (primary N) is 1. The number of aromatic nitrogens is 2. The highest BCUT2D eigenvalue weighted by Crippen LogP contribution is 2.28. The summed E-state index contributed by atoms with van der Waals surface area (Å²) in [5.74, 6) is -0.236. The Balaban J connectivity index is 1.94. The number of H-pyrrole nitrogens is 1. The topological polar surface area (TPSA) is 75.0 Å². The van der Waals surface area contributed by atoms with Crippen molar-refractivity contribution in [2.24, 2.45) is 11.7 Å². The number of aromatic amines is 1. The van der Waals surface area contributed by atoms with E-state index in [4.69, 9.17) is 5.73 Å². The van der Waals surface area contributed by atoms with Gasteiger partial charge in [0.15, 0.2) is 0 Å². The van der Waals surface area contributed by atoms with Gasteiger partial charge in [-0.25, -0.2) is 4.98 Å². The molecule has 0 saturated carbocycles. The molecular formula is C13H16N4O. The molecule has 1 unspecified atom stereocenters. The Morgan fingerprint density at radius 2 is 2.39 bits per heavy atom. The normalized spacial score (nSPS) is 20.2. The number of fused-ring (bicyclic) bond motifs is 1. The Hall–Kier alpha value is -2.04. The third-order valence-electron chi connectivity index (χ3n) is 3.60. The summed E-state index contributed by atoms with van der Waals surface area (Å²) in [6.45, 7) is 1.67. The maximum Gasteiger partial charge on any atom is 0.222 e. The number of hydrogen-bond acceptors (Lipinski definition) is 3. The lowest BCUT2D eigenvalue weighted by molar-refractivity contribution is -0.122. The zero-order valence-electron chi connectivity index (χ0n) is 10.1. The molecule has 18 heavy (non-hydrogen) atoms. The maximum atomic E-state index is 11.3. The van der Waals surface area contributed by atoms with Crippen LogP contribution in [0.2, 0.25) is 0 Å². The molecule has 0 spiro atoms. The second kappa shape index (κ2) is 4.33. The minimum absolute atomic E-state index is 0.0408. The zero-order valence-corrected chi connectivity index (χ0v) is 10.1. The number of amides is 1. The van der Waals surface area contributed by atoms with Gasteiger partial charge in [0.1, 0.15) is 5.65 Å². The molecule has 2 aromatic rings. The van der Waals surface area contributed by atoms with Gasteiger partial charge in [0, 0.05) is 36.6 Å². The zero-order chi connectivity index (χ0) is 12.5. The maximum absolute atomic E-state index is 11.3. The van der Waals surface area contributed by atoms with Gasteiger partial charge < -0.3 is 15.6 Å². The van der Waals surface area contributed by atoms with Gasteiger partial charge >= 0.3 is 0 Å². The van der Waals surface area contributed by atoms with Gasteiger partial charge in [-0.05, 0) is 25.0 Å². The van der Waals surface area contributed by atoms with Crippen LogP contribution in [0.1, 0.15) is 12.8 Å². The summed E-state index contributed by atoms with van der Waals surface area (Å²) in [5.41, 5.74) is 7.43. The minimum atomic E-state index is -0.195. The van der Waals surface area contributed by atoms with E-state index in [1.54, 1.807) is 6.20 Å². The molecule has 1 aliphatic rings. The monoisotopic (exact) mass is 244 g/mol. The molecule has 0 aliphatic carbocycles. The lowest BCUT2D eigenvalue weighted by atomic mass is 9.97. The molecule has 5 heteroatoms. The predicted molar refractivity (Wildman–Crippen MR) is 70.2 cm³/mol. The molecule has 0 radical (unpaired) electrons.